The Bertz CT molecular complexity index is 1770. The van der Waals surface area contributed by atoms with Gasteiger partial charge in [0.1, 0.15) is 5.76 Å². The third-order valence-electron chi connectivity index (χ3n) is 9.59. The molecule has 3 nitrogen and oxygen atoms in total. The van der Waals surface area contributed by atoms with Crippen molar-refractivity contribution >= 4 is 46.9 Å². The number of ether oxygens (including phenoxy) is 1. The first-order chi connectivity index (χ1) is 22.5. The van der Waals surface area contributed by atoms with Crippen molar-refractivity contribution in [3.63, 3.8) is 0 Å². The van der Waals surface area contributed by atoms with Gasteiger partial charge in [0.2, 0.25) is 0 Å². The first-order valence-corrected chi connectivity index (χ1v) is 18.2. The molecule has 0 saturated heterocycles. The van der Waals surface area contributed by atoms with Gasteiger partial charge in [0, 0.05) is 11.5 Å². The molecule has 2 unspecified atom stereocenters. The van der Waals surface area contributed by atoms with Gasteiger partial charge in [-0.15, -0.1) is 17.8 Å². The minimum atomic E-state index is -0.0169. The van der Waals surface area contributed by atoms with Gasteiger partial charge in [-0.25, -0.2) is 0 Å². The summed E-state index contributed by atoms with van der Waals surface area (Å²) in [6.07, 6.45) is 32.5. The Hall–Kier alpha value is -3.81. The Morgan fingerprint density at radius 2 is 2.00 bits per heavy atom. The number of rotatable bonds is 10. The van der Waals surface area contributed by atoms with Crippen LogP contribution in [0.15, 0.2) is 75.7 Å². The number of benzene rings is 1. The maximum absolute atomic E-state index is 6.59. The van der Waals surface area contributed by atoms with Crippen LogP contribution in [0, 0.1) is 30.1 Å². The van der Waals surface area contributed by atoms with Gasteiger partial charge in [-0.2, -0.15) is 0 Å². The molecule has 1 N–H and O–H groups in total. The van der Waals surface area contributed by atoms with E-state index in [2.05, 4.69) is 103 Å². The van der Waals surface area contributed by atoms with Crippen molar-refractivity contribution in [2.45, 2.75) is 78.6 Å². The highest BCUT2D eigenvalue weighted by Crippen LogP contribution is 2.41. The summed E-state index contributed by atoms with van der Waals surface area (Å²) in [6.45, 7) is 8.03. The van der Waals surface area contributed by atoms with Crippen molar-refractivity contribution in [2.75, 3.05) is 13.2 Å². The van der Waals surface area contributed by atoms with Crippen molar-refractivity contribution in [3.8, 4) is 12.3 Å². The van der Waals surface area contributed by atoms with Crippen LogP contribution in [0.25, 0.3) is 29.2 Å². The van der Waals surface area contributed by atoms with Crippen LogP contribution < -0.4 is 15.8 Å². The van der Waals surface area contributed by atoms with E-state index in [1.807, 2.05) is 17.7 Å². The molecule has 0 amide bonds. The fourth-order valence-electron chi connectivity index (χ4n) is 6.73. The van der Waals surface area contributed by atoms with E-state index in [1.165, 1.54) is 82.7 Å². The molecule has 1 aliphatic heterocycles. The number of terminal acetylenes is 1. The van der Waals surface area contributed by atoms with E-state index in [-0.39, 0.29) is 5.92 Å². The second kappa shape index (κ2) is 15.2. The molecule has 4 heteroatoms. The molecule has 0 spiro atoms. The van der Waals surface area contributed by atoms with Gasteiger partial charge in [0.25, 0.3) is 0 Å². The lowest BCUT2D eigenvalue weighted by Gasteiger charge is -2.22. The van der Waals surface area contributed by atoms with Gasteiger partial charge >= 0.3 is 0 Å². The van der Waals surface area contributed by atoms with Crippen LogP contribution in [0.3, 0.4) is 0 Å². The second-order valence-corrected chi connectivity index (χ2v) is 14.2. The highest BCUT2D eigenvalue weighted by molar-refractivity contribution is 7.11. The van der Waals surface area contributed by atoms with E-state index >= 15 is 0 Å². The number of hydrogen-bond acceptors (Lipinski definition) is 4. The Labute approximate surface area is 280 Å². The van der Waals surface area contributed by atoms with Crippen molar-refractivity contribution < 1.29 is 4.74 Å². The number of thiophene rings is 1. The summed E-state index contributed by atoms with van der Waals surface area (Å²) in [5, 5.41) is 8.32. The molecule has 238 valence electrons. The van der Waals surface area contributed by atoms with E-state index in [1.54, 1.807) is 0 Å². The minimum absolute atomic E-state index is 0.0169. The summed E-state index contributed by atoms with van der Waals surface area (Å²) in [7, 11) is 0. The summed E-state index contributed by atoms with van der Waals surface area (Å²) in [4.78, 5) is 5.86. The molecule has 0 radical (unpaired) electrons. The first kappa shape index (κ1) is 32.1. The summed E-state index contributed by atoms with van der Waals surface area (Å²) in [5.41, 5.74) is 8.58. The normalized spacial score (nSPS) is 23.4. The Morgan fingerprint density at radius 1 is 1.15 bits per heavy atom. The fourth-order valence-corrected chi connectivity index (χ4v) is 7.70. The Balaban J connectivity index is 1.35. The lowest BCUT2D eigenvalue weighted by molar-refractivity contribution is 0.183. The molecular weight excluding hydrogens is 581 g/mol. The topological polar surface area (TPSA) is 33.6 Å². The Kier molecular flexibility index (Phi) is 10.6. The number of hydrogen-bond donors (Lipinski definition) is 1. The van der Waals surface area contributed by atoms with Crippen LogP contribution in [0.2, 0.25) is 0 Å². The predicted octanol–water partition coefficient (Wildman–Crippen LogP) is 9.04. The zero-order valence-corrected chi connectivity index (χ0v) is 28.6. The van der Waals surface area contributed by atoms with E-state index in [0.29, 0.717) is 18.4 Å². The molecule has 4 aliphatic rings. The maximum atomic E-state index is 6.59. The molecule has 0 bridgehead atoms. The molecule has 1 aromatic heterocycles. The molecule has 3 aliphatic carbocycles. The number of allylic oxidation sites excluding steroid dienone is 6. The standard InChI is InChI=1S/C42H48N2OS/c1-5-7-9-14-38(30(4)6-2)39-25-43-28-44-41(39)34-20-17-32-16-15-29(3)21-35(23-36(32)22-34)37-24-40(46-27-37)42(33-18-19-33)45-26-31-12-10-8-11-13-31/h2,7,9,14,16-17,20-24,27-31H,5,8,10-13,15,18-19,25-26H2,1,3-4H3,(H,43,44)/b9-7-,32-16+,35-21+,36-23-,38-14+. The van der Waals surface area contributed by atoms with Crippen LogP contribution in [0.5, 0.6) is 0 Å². The van der Waals surface area contributed by atoms with Crippen LogP contribution in [0.1, 0.15) is 94.6 Å². The second-order valence-electron chi connectivity index (χ2n) is 13.3. The third-order valence-corrected chi connectivity index (χ3v) is 10.5. The zero-order valence-electron chi connectivity index (χ0n) is 27.8. The number of fused-ring (bicyclic) bond motifs is 1. The van der Waals surface area contributed by atoms with Crippen molar-refractivity contribution in [1.82, 2.24) is 5.32 Å². The zero-order chi connectivity index (χ0) is 31.9. The molecular formula is C42H48N2OS. The molecule has 2 heterocycles. The van der Waals surface area contributed by atoms with E-state index in [4.69, 9.17) is 11.2 Å². The first-order valence-electron chi connectivity index (χ1n) is 17.3. The Morgan fingerprint density at radius 3 is 2.78 bits per heavy atom. The average molecular weight is 629 g/mol. The number of nitrogens with one attached hydrogen (secondary N) is 1. The summed E-state index contributed by atoms with van der Waals surface area (Å²) < 4.78 is 6.59. The quantitative estimate of drug-likeness (QED) is 0.162. The highest BCUT2D eigenvalue weighted by atomic mass is 32.1. The van der Waals surface area contributed by atoms with Gasteiger partial charge in [-0.05, 0) is 119 Å². The van der Waals surface area contributed by atoms with Crippen molar-refractivity contribution in [1.29, 1.82) is 0 Å². The van der Waals surface area contributed by atoms with Gasteiger partial charge in [-0.1, -0.05) is 81.5 Å². The van der Waals surface area contributed by atoms with Gasteiger partial charge in [0.05, 0.1) is 30.1 Å². The van der Waals surface area contributed by atoms with E-state index in [9.17, 15) is 0 Å². The van der Waals surface area contributed by atoms with Gasteiger partial charge in [-0.3, -0.25) is 4.99 Å². The van der Waals surface area contributed by atoms with Gasteiger partial charge < -0.3 is 10.1 Å². The summed E-state index contributed by atoms with van der Waals surface area (Å²) >= 11 is 1.83. The smallest absolute Gasteiger partial charge is 0.135 e. The molecule has 1 aromatic carbocycles. The molecule has 46 heavy (non-hydrogen) atoms. The van der Waals surface area contributed by atoms with Crippen LogP contribution in [0.4, 0.5) is 0 Å². The van der Waals surface area contributed by atoms with Gasteiger partial charge in [0.15, 0.2) is 0 Å². The maximum Gasteiger partial charge on any atom is 0.135 e. The van der Waals surface area contributed by atoms with Crippen LogP contribution in [-0.2, 0) is 4.74 Å². The molecule has 2 fully saturated rings. The lowest BCUT2D eigenvalue weighted by atomic mass is 9.89. The van der Waals surface area contributed by atoms with Crippen LogP contribution in [-0.4, -0.2) is 19.5 Å². The molecule has 2 aromatic rings. The number of aliphatic imine (C=N–C) groups is 1. The SMILES string of the molecule is C#CC(C)/C(=C\C=C/CC)C1=C(c2ccc3/c(c2)=C\C(c2csc(C(OCC4CCCCC4)=C4CC4)c2)=C/C(C)C/C=3)NC=NC1. The minimum Gasteiger partial charge on any atom is -0.492 e. The fraction of sp³-hybridized carbons (Fsp3) is 0.405. The van der Waals surface area contributed by atoms with Crippen LogP contribution >= 0.6 is 11.3 Å². The van der Waals surface area contributed by atoms with Crippen molar-refractivity contribution in [3.05, 3.63) is 97.1 Å². The number of nitrogens with zero attached hydrogens (tertiary/aromatic N) is 1. The highest BCUT2D eigenvalue weighted by Gasteiger charge is 2.24. The van der Waals surface area contributed by atoms with Crippen molar-refractivity contribution in [2.24, 2.45) is 22.7 Å². The third kappa shape index (κ3) is 7.76. The lowest BCUT2D eigenvalue weighted by Crippen LogP contribution is -2.28. The largest absolute Gasteiger partial charge is 0.492 e. The summed E-state index contributed by atoms with van der Waals surface area (Å²) in [5.74, 6) is 5.26. The average Bonchev–Trinajstić information content (AvgIpc) is 3.80. The van der Waals surface area contributed by atoms with E-state index in [0.717, 1.165) is 41.9 Å². The predicted molar refractivity (Wildman–Crippen MR) is 198 cm³/mol. The molecule has 2 saturated carbocycles. The summed E-state index contributed by atoms with van der Waals surface area (Å²) in [6, 6.07) is 9.21. The molecule has 2 atom stereocenters. The molecule has 6 rings (SSSR count). The monoisotopic (exact) mass is 628 g/mol. The van der Waals surface area contributed by atoms with E-state index < -0.39 is 0 Å².